The molecule has 0 radical (unpaired) electrons. The lowest BCUT2D eigenvalue weighted by atomic mass is 9.62. The summed E-state index contributed by atoms with van der Waals surface area (Å²) in [6, 6.07) is 4.76. The predicted molar refractivity (Wildman–Crippen MR) is 87.8 cm³/mol. The van der Waals surface area contributed by atoms with Crippen LogP contribution in [0.1, 0.15) is 19.3 Å². The minimum atomic E-state index is -3.61. The highest BCUT2D eigenvalue weighted by Crippen LogP contribution is 2.56. The van der Waals surface area contributed by atoms with Crippen molar-refractivity contribution >= 4 is 10.0 Å². The van der Waals surface area contributed by atoms with Gasteiger partial charge in [-0.05, 0) is 18.3 Å². The third-order valence-corrected chi connectivity index (χ3v) is 7.81. The Kier molecular flexibility index (Phi) is 3.78. The van der Waals surface area contributed by atoms with Gasteiger partial charge in [0.15, 0.2) is 0 Å². The van der Waals surface area contributed by atoms with Crippen molar-refractivity contribution in [3.05, 3.63) is 18.2 Å². The summed E-state index contributed by atoms with van der Waals surface area (Å²) in [5.74, 6) is 1.28. The lowest BCUT2D eigenvalue weighted by Crippen LogP contribution is -2.39. The summed E-state index contributed by atoms with van der Waals surface area (Å²) < 4.78 is 44.4. The van der Waals surface area contributed by atoms with Crippen molar-refractivity contribution in [2.45, 2.75) is 30.2 Å². The number of fused-ring (bicyclic) bond motifs is 2. The van der Waals surface area contributed by atoms with Gasteiger partial charge in [0.2, 0.25) is 10.0 Å². The average Bonchev–Trinajstić information content (AvgIpc) is 3.14. The number of hydrogen-bond donors (Lipinski definition) is 0. The number of hydrogen-bond acceptors (Lipinski definition) is 5. The van der Waals surface area contributed by atoms with E-state index in [1.807, 2.05) is 0 Å². The van der Waals surface area contributed by atoms with Gasteiger partial charge in [-0.25, -0.2) is 8.42 Å². The van der Waals surface area contributed by atoms with Crippen LogP contribution < -0.4 is 9.47 Å². The van der Waals surface area contributed by atoms with Gasteiger partial charge < -0.3 is 14.2 Å². The summed E-state index contributed by atoms with van der Waals surface area (Å²) in [5, 5.41) is 0. The monoisotopic (exact) mass is 353 g/mol. The molecule has 24 heavy (non-hydrogen) atoms. The van der Waals surface area contributed by atoms with Crippen molar-refractivity contribution in [1.82, 2.24) is 4.31 Å². The fourth-order valence-corrected chi connectivity index (χ4v) is 6.24. The lowest BCUT2D eigenvalue weighted by molar-refractivity contribution is 0.0601. The highest BCUT2D eigenvalue weighted by Gasteiger charge is 2.60. The van der Waals surface area contributed by atoms with Crippen LogP contribution >= 0.6 is 0 Å². The maximum Gasteiger partial charge on any atom is 0.243 e. The van der Waals surface area contributed by atoms with Crippen LogP contribution in [0.25, 0.3) is 0 Å². The number of ether oxygens (including phenoxy) is 3. The summed E-state index contributed by atoms with van der Waals surface area (Å²) in [7, 11) is -0.574. The van der Waals surface area contributed by atoms with Crippen LogP contribution in [-0.2, 0) is 14.8 Å². The van der Waals surface area contributed by atoms with Crippen molar-refractivity contribution < 1.29 is 22.6 Å². The predicted octanol–water partition coefficient (Wildman–Crippen LogP) is 1.89. The molecule has 0 amide bonds. The summed E-state index contributed by atoms with van der Waals surface area (Å²) in [6.07, 6.45) is 3.39. The first-order valence-corrected chi connectivity index (χ1v) is 9.77. The Morgan fingerprint density at radius 3 is 2.33 bits per heavy atom. The third-order valence-electron chi connectivity index (χ3n) is 5.96. The Hall–Kier alpha value is -1.31. The molecule has 1 spiro atoms. The Balaban J connectivity index is 1.73. The molecule has 2 heterocycles. The highest BCUT2D eigenvalue weighted by molar-refractivity contribution is 7.89. The van der Waals surface area contributed by atoms with E-state index in [0.29, 0.717) is 37.2 Å². The molecule has 2 atom stereocenters. The van der Waals surface area contributed by atoms with Crippen LogP contribution in [0.2, 0.25) is 0 Å². The van der Waals surface area contributed by atoms with E-state index in [-0.39, 0.29) is 16.4 Å². The molecular formula is C17H23NO5S. The van der Waals surface area contributed by atoms with Crippen molar-refractivity contribution in [2.24, 2.45) is 11.3 Å². The van der Waals surface area contributed by atoms with Crippen LogP contribution in [0.4, 0.5) is 0 Å². The molecule has 132 valence electrons. The SMILES string of the molecule is COc1cc(OC)cc(S(=O)(=O)N2CC3(CCC3)C3COCC32)c1. The number of benzene rings is 1. The second-order valence-electron chi connectivity index (χ2n) is 7.03. The van der Waals surface area contributed by atoms with Crippen molar-refractivity contribution in [1.29, 1.82) is 0 Å². The molecule has 6 nitrogen and oxygen atoms in total. The zero-order valence-electron chi connectivity index (χ0n) is 14.0. The van der Waals surface area contributed by atoms with E-state index in [1.54, 1.807) is 22.5 Å². The van der Waals surface area contributed by atoms with Crippen molar-refractivity contribution in [3.63, 3.8) is 0 Å². The Bertz CT molecular complexity index is 721. The molecule has 1 aromatic carbocycles. The van der Waals surface area contributed by atoms with Crippen LogP contribution in [0.3, 0.4) is 0 Å². The van der Waals surface area contributed by atoms with Crippen LogP contribution in [0.5, 0.6) is 11.5 Å². The second kappa shape index (κ2) is 5.61. The van der Waals surface area contributed by atoms with E-state index in [1.165, 1.54) is 20.6 Å². The number of rotatable bonds is 4. The fraction of sp³-hybridized carbons (Fsp3) is 0.647. The first-order valence-electron chi connectivity index (χ1n) is 8.33. The fourth-order valence-electron chi connectivity index (χ4n) is 4.45. The molecule has 2 aliphatic heterocycles. The number of methoxy groups -OCH3 is 2. The van der Waals surface area contributed by atoms with Gasteiger partial charge in [0.05, 0.1) is 38.4 Å². The Morgan fingerprint density at radius 2 is 1.79 bits per heavy atom. The minimum Gasteiger partial charge on any atom is -0.497 e. The zero-order valence-corrected chi connectivity index (χ0v) is 14.8. The van der Waals surface area contributed by atoms with E-state index >= 15 is 0 Å². The van der Waals surface area contributed by atoms with Gasteiger partial charge in [-0.3, -0.25) is 0 Å². The van der Waals surface area contributed by atoms with Crippen molar-refractivity contribution in [2.75, 3.05) is 34.0 Å². The van der Waals surface area contributed by atoms with Crippen LogP contribution in [0.15, 0.2) is 23.1 Å². The molecule has 2 unspecified atom stereocenters. The summed E-state index contributed by atoms with van der Waals surface area (Å²) >= 11 is 0. The minimum absolute atomic E-state index is 0.0486. The molecule has 0 N–H and O–H groups in total. The molecule has 4 rings (SSSR count). The van der Waals surface area contributed by atoms with E-state index in [2.05, 4.69) is 0 Å². The van der Waals surface area contributed by atoms with Crippen molar-refractivity contribution in [3.8, 4) is 11.5 Å². The molecule has 0 aromatic heterocycles. The van der Waals surface area contributed by atoms with Gasteiger partial charge in [0.25, 0.3) is 0 Å². The van der Waals surface area contributed by atoms with Gasteiger partial charge >= 0.3 is 0 Å². The second-order valence-corrected chi connectivity index (χ2v) is 8.92. The largest absolute Gasteiger partial charge is 0.497 e. The van der Waals surface area contributed by atoms with Crippen LogP contribution in [-0.4, -0.2) is 52.7 Å². The highest BCUT2D eigenvalue weighted by atomic mass is 32.2. The molecule has 1 aliphatic carbocycles. The first-order chi connectivity index (χ1) is 11.5. The summed E-state index contributed by atoms with van der Waals surface area (Å²) in [4.78, 5) is 0.223. The van der Waals surface area contributed by atoms with Gasteiger partial charge in [0, 0.05) is 30.7 Å². The quantitative estimate of drug-likeness (QED) is 0.827. The molecule has 2 saturated heterocycles. The smallest absolute Gasteiger partial charge is 0.243 e. The molecule has 1 saturated carbocycles. The molecule has 0 bridgehead atoms. The molecule has 3 fully saturated rings. The first kappa shape index (κ1) is 16.2. The van der Waals surface area contributed by atoms with E-state index in [0.717, 1.165) is 12.8 Å². The Morgan fingerprint density at radius 1 is 1.12 bits per heavy atom. The molecule has 7 heteroatoms. The maximum absolute atomic E-state index is 13.3. The molecular weight excluding hydrogens is 330 g/mol. The van der Waals surface area contributed by atoms with E-state index < -0.39 is 10.0 Å². The average molecular weight is 353 g/mol. The zero-order chi connectivity index (χ0) is 16.9. The van der Waals surface area contributed by atoms with Gasteiger partial charge in [0.1, 0.15) is 11.5 Å². The van der Waals surface area contributed by atoms with Gasteiger partial charge in [-0.2, -0.15) is 4.31 Å². The summed E-state index contributed by atoms with van der Waals surface area (Å²) in [5.41, 5.74) is 0.122. The normalized spacial score (nSPS) is 28.6. The summed E-state index contributed by atoms with van der Waals surface area (Å²) in [6.45, 7) is 1.78. The Labute approximate surface area is 142 Å². The van der Waals surface area contributed by atoms with E-state index in [9.17, 15) is 8.42 Å². The van der Waals surface area contributed by atoms with Gasteiger partial charge in [-0.15, -0.1) is 0 Å². The molecule has 1 aromatic rings. The topological polar surface area (TPSA) is 65.1 Å². The van der Waals surface area contributed by atoms with Crippen LogP contribution in [0, 0.1) is 11.3 Å². The van der Waals surface area contributed by atoms with E-state index in [4.69, 9.17) is 14.2 Å². The number of sulfonamides is 1. The number of nitrogens with zero attached hydrogens (tertiary/aromatic N) is 1. The third kappa shape index (κ3) is 2.25. The molecule has 3 aliphatic rings. The lowest BCUT2D eigenvalue weighted by Gasteiger charge is -2.42. The van der Waals surface area contributed by atoms with Gasteiger partial charge in [-0.1, -0.05) is 6.42 Å². The maximum atomic E-state index is 13.3. The standard InChI is InChI=1S/C17H23NO5S/c1-21-12-6-13(22-2)8-14(7-12)24(19,20)18-11-17(4-3-5-17)15-9-23-10-16(15)18/h6-8,15-16H,3-5,9-11H2,1-2H3.